The summed E-state index contributed by atoms with van der Waals surface area (Å²) < 4.78 is 59.0. The number of halogens is 3. The van der Waals surface area contributed by atoms with Gasteiger partial charge in [-0.1, -0.05) is 42.0 Å². The zero-order valence-corrected chi connectivity index (χ0v) is 11.0. The van der Waals surface area contributed by atoms with Crippen LogP contribution in [-0.4, -0.2) is 30.8 Å². The van der Waals surface area contributed by atoms with Gasteiger partial charge in [-0.2, -0.15) is 0 Å². The van der Waals surface area contributed by atoms with E-state index < -0.39 is 32.2 Å². The Labute approximate surface area is 113 Å². The highest BCUT2D eigenvalue weighted by Crippen LogP contribution is 2.56. The zero-order valence-electron chi connectivity index (χ0n) is 9.46. The van der Waals surface area contributed by atoms with Crippen LogP contribution in [0.4, 0.5) is 8.78 Å². The van der Waals surface area contributed by atoms with Crippen molar-refractivity contribution in [3.8, 4) is 0 Å². The standard InChI is InChI=1S/C12H9ClF2O3S/c13-11(14)9-6-7-10(18-9)12(11,15)19(16,17)8-4-2-1-3-5-8/h1-7,9-10H/t9-,10+,11+,12-/m0/s1. The lowest BCUT2D eigenvalue weighted by atomic mass is 10.0. The second-order valence-electron chi connectivity index (χ2n) is 4.45. The smallest absolute Gasteiger partial charge is 0.294 e. The van der Waals surface area contributed by atoms with Crippen molar-refractivity contribution in [1.82, 2.24) is 0 Å². The highest BCUT2D eigenvalue weighted by molar-refractivity contribution is 7.93. The number of alkyl halides is 3. The Hall–Kier alpha value is -0.980. The molecule has 2 heterocycles. The van der Waals surface area contributed by atoms with Gasteiger partial charge in [0.15, 0.2) is 0 Å². The third-order valence-electron chi connectivity index (χ3n) is 3.38. The van der Waals surface area contributed by atoms with Crippen molar-refractivity contribution >= 4 is 21.4 Å². The van der Waals surface area contributed by atoms with Crippen LogP contribution in [0.2, 0.25) is 0 Å². The van der Waals surface area contributed by atoms with Gasteiger partial charge >= 0.3 is 0 Å². The SMILES string of the molecule is O=S(=O)(c1ccccc1)[C@@]1(F)[C@H]2C=C[C@H](O2)[C@]1(F)Cl. The average Bonchev–Trinajstić information content (AvgIpc) is 2.94. The Morgan fingerprint density at radius 3 is 2.21 bits per heavy atom. The predicted molar refractivity (Wildman–Crippen MR) is 65.0 cm³/mol. The van der Waals surface area contributed by atoms with Gasteiger partial charge in [0.05, 0.1) is 4.90 Å². The first-order chi connectivity index (χ1) is 8.82. The fraction of sp³-hybridized carbons (Fsp3) is 0.333. The molecule has 0 unspecified atom stereocenters. The van der Waals surface area contributed by atoms with Crippen LogP contribution in [0, 0.1) is 0 Å². The van der Waals surface area contributed by atoms with Crippen molar-refractivity contribution in [3.63, 3.8) is 0 Å². The van der Waals surface area contributed by atoms with E-state index in [9.17, 15) is 17.2 Å². The van der Waals surface area contributed by atoms with Crippen LogP contribution in [0.25, 0.3) is 0 Å². The van der Waals surface area contributed by atoms with Gasteiger partial charge < -0.3 is 4.74 Å². The van der Waals surface area contributed by atoms with Crippen molar-refractivity contribution in [1.29, 1.82) is 0 Å². The molecule has 19 heavy (non-hydrogen) atoms. The number of ether oxygens (including phenoxy) is 1. The van der Waals surface area contributed by atoms with Crippen molar-refractivity contribution in [2.75, 3.05) is 0 Å². The summed E-state index contributed by atoms with van der Waals surface area (Å²) in [6.07, 6.45) is -0.519. The summed E-state index contributed by atoms with van der Waals surface area (Å²) in [5.74, 6) is 0. The molecule has 102 valence electrons. The third-order valence-corrected chi connectivity index (χ3v) is 6.18. The molecule has 0 saturated carbocycles. The van der Waals surface area contributed by atoms with E-state index in [1.165, 1.54) is 36.4 Å². The molecule has 1 fully saturated rings. The van der Waals surface area contributed by atoms with Crippen molar-refractivity contribution in [3.05, 3.63) is 42.5 Å². The van der Waals surface area contributed by atoms with Crippen LogP contribution in [-0.2, 0) is 14.6 Å². The van der Waals surface area contributed by atoms with Gasteiger partial charge in [-0.05, 0) is 12.1 Å². The maximum atomic E-state index is 15.0. The maximum absolute atomic E-state index is 15.0. The monoisotopic (exact) mass is 306 g/mol. The van der Waals surface area contributed by atoms with Gasteiger partial charge in [-0.25, -0.2) is 17.2 Å². The molecule has 1 aromatic rings. The van der Waals surface area contributed by atoms with Crippen molar-refractivity contribution < 1.29 is 21.9 Å². The first-order valence-corrected chi connectivity index (χ1v) is 7.38. The van der Waals surface area contributed by atoms with E-state index in [1.54, 1.807) is 6.07 Å². The van der Waals surface area contributed by atoms with E-state index in [0.29, 0.717) is 0 Å². The predicted octanol–water partition coefficient (Wildman–Crippen LogP) is 2.37. The topological polar surface area (TPSA) is 43.4 Å². The first-order valence-electron chi connectivity index (χ1n) is 5.52. The zero-order chi connectivity index (χ0) is 13.9. The molecule has 0 aliphatic carbocycles. The van der Waals surface area contributed by atoms with Crippen LogP contribution in [0.3, 0.4) is 0 Å². The minimum Gasteiger partial charge on any atom is -0.357 e. The maximum Gasteiger partial charge on any atom is 0.294 e. The Bertz CT molecular complexity index is 644. The summed E-state index contributed by atoms with van der Waals surface area (Å²) in [6.45, 7) is 0. The molecular weight excluding hydrogens is 298 g/mol. The van der Waals surface area contributed by atoms with Crippen LogP contribution < -0.4 is 0 Å². The molecule has 1 aromatic carbocycles. The quantitative estimate of drug-likeness (QED) is 0.622. The molecule has 0 spiro atoms. The van der Waals surface area contributed by atoms with E-state index in [4.69, 9.17) is 16.3 Å². The number of benzene rings is 1. The molecule has 3 rings (SSSR count). The fourth-order valence-electron chi connectivity index (χ4n) is 2.35. The molecule has 2 bridgehead atoms. The highest BCUT2D eigenvalue weighted by Gasteiger charge is 2.76. The summed E-state index contributed by atoms with van der Waals surface area (Å²) >= 11 is 5.51. The summed E-state index contributed by atoms with van der Waals surface area (Å²) in [5, 5.41) is -6.47. The molecular formula is C12H9ClF2O3S. The molecule has 4 atom stereocenters. The summed E-state index contributed by atoms with van der Waals surface area (Å²) in [5.41, 5.74) is 0. The van der Waals surface area contributed by atoms with Gasteiger partial charge in [0.2, 0.25) is 9.84 Å². The number of hydrogen-bond donors (Lipinski definition) is 0. The lowest BCUT2D eigenvalue weighted by Crippen LogP contribution is -2.55. The van der Waals surface area contributed by atoms with E-state index in [-0.39, 0.29) is 4.90 Å². The van der Waals surface area contributed by atoms with Crippen LogP contribution >= 0.6 is 11.6 Å². The highest BCUT2D eigenvalue weighted by atomic mass is 35.5. The summed E-state index contributed by atoms with van der Waals surface area (Å²) in [7, 11) is -4.63. The summed E-state index contributed by atoms with van der Waals surface area (Å²) in [6, 6.07) is 6.81. The molecule has 0 radical (unpaired) electrons. The molecule has 0 N–H and O–H groups in total. The Balaban J connectivity index is 2.19. The number of fused-ring (bicyclic) bond motifs is 2. The number of sulfone groups is 1. The van der Waals surface area contributed by atoms with Crippen molar-refractivity contribution in [2.45, 2.75) is 27.2 Å². The van der Waals surface area contributed by atoms with Crippen LogP contribution in [0.5, 0.6) is 0 Å². The molecule has 0 aromatic heterocycles. The molecule has 3 nitrogen and oxygen atoms in total. The Morgan fingerprint density at radius 1 is 1.11 bits per heavy atom. The molecule has 0 amide bonds. The number of hydrogen-bond acceptors (Lipinski definition) is 3. The van der Waals surface area contributed by atoms with E-state index in [0.717, 1.165) is 0 Å². The third kappa shape index (κ3) is 1.42. The van der Waals surface area contributed by atoms with Gasteiger partial charge in [0.25, 0.3) is 10.1 Å². The van der Waals surface area contributed by atoms with Gasteiger partial charge in [0, 0.05) is 0 Å². The van der Waals surface area contributed by atoms with E-state index >= 15 is 0 Å². The number of rotatable bonds is 2. The van der Waals surface area contributed by atoms with E-state index in [2.05, 4.69) is 0 Å². The first kappa shape index (κ1) is 13.0. The largest absolute Gasteiger partial charge is 0.357 e. The lowest BCUT2D eigenvalue weighted by molar-refractivity contribution is 0.0863. The molecule has 7 heteroatoms. The summed E-state index contributed by atoms with van der Waals surface area (Å²) in [4.78, 5) is -0.329. The van der Waals surface area contributed by atoms with Crippen LogP contribution in [0.1, 0.15) is 0 Å². The molecule has 2 aliphatic rings. The fourth-order valence-corrected chi connectivity index (χ4v) is 4.66. The molecule has 2 aliphatic heterocycles. The average molecular weight is 307 g/mol. The van der Waals surface area contributed by atoms with Gasteiger partial charge in [0.1, 0.15) is 12.2 Å². The second kappa shape index (κ2) is 3.77. The van der Waals surface area contributed by atoms with Gasteiger partial charge in [-0.3, -0.25) is 0 Å². The second-order valence-corrected chi connectivity index (χ2v) is 7.07. The van der Waals surface area contributed by atoms with Crippen LogP contribution in [0.15, 0.2) is 47.4 Å². The van der Waals surface area contributed by atoms with Gasteiger partial charge in [-0.15, -0.1) is 0 Å². The Morgan fingerprint density at radius 2 is 1.68 bits per heavy atom. The minimum atomic E-state index is -4.63. The lowest BCUT2D eigenvalue weighted by Gasteiger charge is -2.32. The van der Waals surface area contributed by atoms with Crippen molar-refractivity contribution in [2.24, 2.45) is 0 Å². The Kier molecular flexibility index (Phi) is 2.59. The normalized spacial score (nSPS) is 40.8. The molecule has 1 saturated heterocycles. The minimum absolute atomic E-state index is 0.329. The van der Waals surface area contributed by atoms with E-state index in [1.807, 2.05) is 0 Å².